The number of phenols is 1. The quantitative estimate of drug-likeness (QED) is 0.206. The first-order chi connectivity index (χ1) is 16.4. The summed E-state index contributed by atoms with van der Waals surface area (Å²) in [6.45, 7) is 0.137. The molecule has 9 nitrogen and oxygen atoms in total. The van der Waals surface area contributed by atoms with E-state index in [0.29, 0.717) is 17.7 Å². The molecule has 0 unspecified atom stereocenters. The fourth-order valence-corrected chi connectivity index (χ4v) is 4.29. The Balaban J connectivity index is 1.79. The molecule has 0 atom stereocenters. The highest BCUT2D eigenvalue weighted by atomic mass is 32.2. The molecule has 2 aromatic rings. The lowest BCUT2D eigenvalue weighted by Gasteiger charge is -2.13. The lowest BCUT2D eigenvalue weighted by Crippen LogP contribution is -2.29. The fraction of sp³-hybridized carbons (Fsp3) is 0.190. The summed E-state index contributed by atoms with van der Waals surface area (Å²) in [4.78, 5) is 34.9. The van der Waals surface area contributed by atoms with E-state index in [0.717, 1.165) is 17.8 Å². The van der Waals surface area contributed by atoms with E-state index >= 15 is 0 Å². The number of alkyl halides is 3. The Kier molecular flexibility index (Phi) is 7.65. The number of aliphatic carboxylic acids is 1. The van der Waals surface area contributed by atoms with Crippen molar-refractivity contribution in [2.24, 2.45) is 0 Å². The van der Waals surface area contributed by atoms with Crippen LogP contribution in [-0.2, 0) is 15.8 Å². The molecule has 14 heteroatoms. The summed E-state index contributed by atoms with van der Waals surface area (Å²) in [6, 6.07) is 5.58. The number of nitrogens with zero attached hydrogens (tertiary/aromatic N) is 2. The number of hydrogen-bond acceptors (Lipinski definition) is 8. The van der Waals surface area contributed by atoms with E-state index < -0.39 is 45.7 Å². The molecule has 0 aromatic heterocycles. The Morgan fingerprint density at radius 1 is 1.23 bits per heavy atom. The molecule has 3 rings (SSSR count). The van der Waals surface area contributed by atoms with E-state index in [2.05, 4.69) is 0 Å². The van der Waals surface area contributed by atoms with Crippen molar-refractivity contribution in [3.63, 3.8) is 0 Å². The minimum absolute atomic E-state index is 0.122. The van der Waals surface area contributed by atoms with Crippen molar-refractivity contribution in [2.75, 3.05) is 6.54 Å². The van der Waals surface area contributed by atoms with Crippen LogP contribution in [0.15, 0.2) is 41.3 Å². The number of thiocarbonyl (C=S) groups is 1. The molecule has 0 aliphatic carbocycles. The molecule has 1 aliphatic rings. The van der Waals surface area contributed by atoms with Crippen LogP contribution in [0.2, 0.25) is 0 Å². The molecule has 0 saturated carbocycles. The number of carbonyl (C=O) groups is 2. The minimum Gasteiger partial charge on any atom is -0.504 e. The zero-order valence-electron chi connectivity index (χ0n) is 17.4. The van der Waals surface area contributed by atoms with Gasteiger partial charge >= 0.3 is 17.8 Å². The Morgan fingerprint density at radius 3 is 2.51 bits per heavy atom. The van der Waals surface area contributed by atoms with Crippen LogP contribution in [0.4, 0.5) is 18.9 Å². The van der Waals surface area contributed by atoms with Gasteiger partial charge in [0.2, 0.25) is 5.75 Å². The molecule has 1 fully saturated rings. The SMILES string of the molecule is O=C(O)CCCN1C(=O)/C(=C/c2ccc(Oc3ccc(C(F)(F)F)cc3[N+](=O)[O-])c(O)c2)SC1=S. The summed E-state index contributed by atoms with van der Waals surface area (Å²) in [5, 5.41) is 30.2. The van der Waals surface area contributed by atoms with Crippen LogP contribution in [0.5, 0.6) is 17.2 Å². The predicted molar refractivity (Wildman–Crippen MR) is 123 cm³/mol. The summed E-state index contributed by atoms with van der Waals surface area (Å²) >= 11 is 6.16. The zero-order valence-corrected chi connectivity index (χ0v) is 19.1. The maximum absolute atomic E-state index is 12.9. The molecule has 1 saturated heterocycles. The average molecular weight is 528 g/mol. The maximum atomic E-state index is 12.9. The van der Waals surface area contributed by atoms with Crippen LogP contribution in [0.25, 0.3) is 6.08 Å². The second-order valence-corrected chi connectivity index (χ2v) is 8.77. The van der Waals surface area contributed by atoms with E-state index in [4.69, 9.17) is 22.1 Å². The second kappa shape index (κ2) is 10.3. The van der Waals surface area contributed by atoms with Gasteiger partial charge in [-0.1, -0.05) is 30.0 Å². The summed E-state index contributed by atoms with van der Waals surface area (Å²) in [5.41, 5.74) is -1.81. The van der Waals surface area contributed by atoms with Gasteiger partial charge in [-0.2, -0.15) is 13.2 Å². The van der Waals surface area contributed by atoms with Gasteiger partial charge in [-0.05, 0) is 42.3 Å². The van der Waals surface area contributed by atoms with Gasteiger partial charge in [0.05, 0.1) is 15.4 Å². The lowest BCUT2D eigenvalue weighted by atomic mass is 10.1. The number of carboxylic acids is 1. The monoisotopic (exact) mass is 528 g/mol. The smallest absolute Gasteiger partial charge is 0.416 e. The first kappa shape index (κ1) is 26.0. The molecule has 2 aromatic carbocycles. The fourth-order valence-electron chi connectivity index (χ4n) is 2.98. The molecule has 0 bridgehead atoms. The number of hydrogen-bond donors (Lipinski definition) is 2. The average Bonchev–Trinajstić information content (AvgIpc) is 3.02. The first-order valence-corrected chi connectivity index (χ1v) is 10.9. The first-order valence-electron chi connectivity index (χ1n) is 9.70. The van der Waals surface area contributed by atoms with Crippen molar-refractivity contribution in [3.05, 3.63) is 62.5 Å². The van der Waals surface area contributed by atoms with Gasteiger partial charge in [-0.3, -0.25) is 24.6 Å². The highest BCUT2D eigenvalue weighted by Gasteiger charge is 2.34. The molecule has 1 heterocycles. The number of amides is 1. The molecule has 2 N–H and O–H groups in total. The number of nitro benzene ring substituents is 1. The van der Waals surface area contributed by atoms with Crippen LogP contribution in [0.3, 0.4) is 0 Å². The Labute approximate surface area is 204 Å². The van der Waals surface area contributed by atoms with E-state index in [1.54, 1.807) is 0 Å². The van der Waals surface area contributed by atoms with Crippen LogP contribution in [0.1, 0.15) is 24.0 Å². The van der Waals surface area contributed by atoms with Crippen molar-refractivity contribution in [2.45, 2.75) is 19.0 Å². The lowest BCUT2D eigenvalue weighted by molar-refractivity contribution is -0.385. The van der Waals surface area contributed by atoms with Gasteiger partial charge in [-0.25, -0.2) is 0 Å². The molecule has 1 aliphatic heterocycles. The number of carboxylic acid groups (broad SMARTS) is 1. The number of halogens is 3. The van der Waals surface area contributed by atoms with Gasteiger partial charge in [0.15, 0.2) is 11.5 Å². The number of aromatic hydroxyl groups is 1. The zero-order chi connectivity index (χ0) is 25.9. The summed E-state index contributed by atoms with van der Waals surface area (Å²) in [5.74, 6) is -2.67. The van der Waals surface area contributed by atoms with Gasteiger partial charge in [0, 0.05) is 19.0 Å². The topological polar surface area (TPSA) is 130 Å². The number of phenolic OH excluding ortho intramolecular Hbond substituents is 1. The van der Waals surface area contributed by atoms with Crippen molar-refractivity contribution in [1.29, 1.82) is 0 Å². The molecule has 184 valence electrons. The molecule has 0 radical (unpaired) electrons. The van der Waals surface area contributed by atoms with Crippen molar-refractivity contribution < 1.29 is 42.6 Å². The third-order valence-electron chi connectivity index (χ3n) is 4.63. The van der Waals surface area contributed by atoms with Crippen LogP contribution < -0.4 is 4.74 Å². The Bertz CT molecular complexity index is 1250. The highest BCUT2D eigenvalue weighted by Crippen LogP contribution is 2.40. The summed E-state index contributed by atoms with van der Waals surface area (Å²) < 4.78 is 44.1. The predicted octanol–water partition coefficient (Wildman–Crippen LogP) is 5.18. The van der Waals surface area contributed by atoms with Crippen LogP contribution in [-0.4, -0.2) is 42.8 Å². The van der Waals surface area contributed by atoms with Crippen molar-refractivity contribution >= 4 is 51.9 Å². The number of thioether (sulfide) groups is 1. The van der Waals surface area contributed by atoms with E-state index in [-0.39, 0.29) is 34.4 Å². The Morgan fingerprint density at radius 2 is 1.91 bits per heavy atom. The molecule has 1 amide bonds. The van der Waals surface area contributed by atoms with Crippen LogP contribution in [0, 0.1) is 10.1 Å². The van der Waals surface area contributed by atoms with Gasteiger partial charge in [-0.15, -0.1) is 0 Å². The standard InChI is InChI=1S/C21H15F3N2O7S2/c22-21(23,24)12-4-6-15(13(10-12)26(31)32)33-16-5-3-11(8-14(16)27)9-17-19(30)25(20(34)35-17)7-1-2-18(28)29/h3-6,8-10,27H,1-2,7H2,(H,28,29)/b17-9-. The highest BCUT2D eigenvalue weighted by molar-refractivity contribution is 8.26. The van der Waals surface area contributed by atoms with Crippen LogP contribution >= 0.6 is 24.0 Å². The molecular weight excluding hydrogens is 513 g/mol. The van der Waals surface area contributed by atoms with Crippen molar-refractivity contribution in [1.82, 2.24) is 4.90 Å². The van der Waals surface area contributed by atoms with Gasteiger partial charge < -0.3 is 14.9 Å². The van der Waals surface area contributed by atoms with E-state index in [1.165, 1.54) is 29.2 Å². The number of rotatable bonds is 8. The third-order valence-corrected chi connectivity index (χ3v) is 6.01. The normalized spacial score (nSPS) is 15.1. The summed E-state index contributed by atoms with van der Waals surface area (Å²) in [6.07, 6.45) is -3.26. The summed E-state index contributed by atoms with van der Waals surface area (Å²) in [7, 11) is 0. The minimum atomic E-state index is -4.79. The third kappa shape index (κ3) is 6.27. The van der Waals surface area contributed by atoms with Gasteiger partial charge in [0.25, 0.3) is 5.91 Å². The van der Waals surface area contributed by atoms with E-state index in [1.807, 2.05) is 0 Å². The Hall–Kier alpha value is -3.65. The second-order valence-electron chi connectivity index (χ2n) is 7.10. The number of carbonyl (C=O) groups excluding carboxylic acids is 1. The largest absolute Gasteiger partial charge is 0.504 e. The van der Waals surface area contributed by atoms with Crippen molar-refractivity contribution in [3.8, 4) is 17.2 Å². The maximum Gasteiger partial charge on any atom is 0.416 e. The number of nitro groups is 1. The molecule has 35 heavy (non-hydrogen) atoms. The van der Waals surface area contributed by atoms with Gasteiger partial charge in [0.1, 0.15) is 4.32 Å². The number of ether oxygens (including phenoxy) is 1. The molecular formula is C21H15F3N2O7S2. The molecule has 0 spiro atoms. The van der Waals surface area contributed by atoms with E-state index in [9.17, 15) is 38.0 Å². The number of benzene rings is 2.